The Hall–Kier alpha value is -2.20. The Morgan fingerprint density at radius 1 is 1.33 bits per heavy atom. The highest BCUT2D eigenvalue weighted by atomic mass is 32.1. The lowest BCUT2D eigenvalue weighted by Gasteiger charge is -2.02. The molecule has 0 aliphatic rings. The van der Waals surface area contributed by atoms with Gasteiger partial charge in [-0.2, -0.15) is 0 Å². The zero-order chi connectivity index (χ0) is 14.7. The van der Waals surface area contributed by atoms with Crippen LogP contribution in [0.15, 0.2) is 35.7 Å². The van der Waals surface area contributed by atoms with E-state index in [1.54, 1.807) is 29.5 Å². The summed E-state index contributed by atoms with van der Waals surface area (Å²) < 4.78 is 2.22. The summed E-state index contributed by atoms with van der Waals surface area (Å²) in [7, 11) is 0. The van der Waals surface area contributed by atoms with Crippen molar-refractivity contribution in [1.82, 2.24) is 4.98 Å². The average molecular weight is 314 g/mol. The van der Waals surface area contributed by atoms with Gasteiger partial charge < -0.3 is 10.4 Å². The van der Waals surface area contributed by atoms with E-state index in [9.17, 15) is 4.79 Å². The molecule has 21 heavy (non-hydrogen) atoms. The maximum absolute atomic E-state index is 12.2. The number of anilines is 1. The molecule has 1 amide bonds. The molecule has 104 valence electrons. The molecule has 0 unspecified atom stereocenters. The number of hydrogen-bond donors (Lipinski definition) is 2. The minimum Gasteiger partial charge on any atom is -0.384 e. The molecule has 0 fully saturated rings. The predicted octanol–water partition coefficient (Wildman–Crippen LogP) is 2.95. The van der Waals surface area contributed by atoms with Crippen molar-refractivity contribution >= 4 is 43.8 Å². The Bertz CT molecular complexity index is 827. The van der Waals surface area contributed by atoms with Gasteiger partial charge in [0.05, 0.1) is 4.88 Å². The minimum absolute atomic E-state index is 0.178. The van der Waals surface area contributed by atoms with E-state index >= 15 is 0 Å². The van der Waals surface area contributed by atoms with Crippen molar-refractivity contribution in [3.8, 4) is 11.8 Å². The monoisotopic (exact) mass is 314 g/mol. The first-order chi connectivity index (χ1) is 10.3. The van der Waals surface area contributed by atoms with Crippen LogP contribution in [0.5, 0.6) is 0 Å². The molecule has 0 spiro atoms. The number of fused-ring (bicyclic) bond motifs is 1. The maximum Gasteiger partial charge on any atom is 0.266 e. The van der Waals surface area contributed by atoms with E-state index in [0.29, 0.717) is 16.4 Å². The number of pyridine rings is 1. The zero-order valence-corrected chi connectivity index (χ0v) is 12.4. The summed E-state index contributed by atoms with van der Waals surface area (Å²) in [5.41, 5.74) is 0.508. The standard InChI is InChI=1S/C15H10N2O2S2/c18-7-2-4-10-3-1-5-14(16-10)17-15(19)13-9-12-11(21-13)6-8-20-12/h1,3,5-6,8-9,18H,7H2,(H,16,17,19). The third kappa shape index (κ3) is 3.11. The number of aliphatic hydroxyl groups is 1. The van der Waals surface area contributed by atoms with Crippen LogP contribution in [0, 0.1) is 11.8 Å². The number of amides is 1. The first kappa shape index (κ1) is 13.8. The molecular weight excluding hydrogens is 304 g/mol. The number of nitrogens with one attached hydrogen (secondary N) is 1. The van der Waals surface area contributed by atoms with E-state index in [0.717, 1.165) is 9.40 Å². The number of aromatic nitrogens is 1. The lowest BCUT2D eigenvalue weighted by atomic mass is 10.3. The molecule has 0 saturated heterocycles. The number of aliphatic hydroxyl groups excluding tert-OH is 1. The Labute approximate surface area is 129 Å². The summed E-state index contributed by atoms with van der Waals surface area (Å²) in [6, 6.07) is 9.08. The van der Waals surface area contributed by atoms with Crippen LogP contribution in [0.2, 0.25) is 0 Å². The average Bonchev–Trinajstić information content (AvgIpc) is 3.06. The molecule has 0 saturated carbocycles. The van der Waals surface area contributed by atoms with Gasteiger partial charge in [0, 0.05) is 9.40 Å². The van der Waals surface area contributed by atoms with Gasteiger partial charge in [-0.15, -0.1) is 22.7 Å². The first-order valence-electron chi connectivity index (χ1n) is 6.11. The summed E-state index contributed by atoms with van der Waals surface area (Å²) in [6.07, 6.45) is 0. The van der Waals surface area contributed by atoms with E-state index in [-0.39, 0.29) is 12.5 Å². The summed E-state index contributed by atoms with van der Waals surface area (Å²) in [5, 5.41) is 13.4. The van der Waals surface area contributed by atoms with Crippen LogP contribution in [0.3, 0.4) is 0 Å². The van der Waals surface area contributed by atoms with Crippen LogP contribution < -0.4 is 5.32 Å². The minimum atomic E-state index is -0.218. The van der Waals surface area contributed by atoms with E-state index < -0.39 is 0 Å². The van der Waals surface area contributed by atoms with Gasteiger partial charge in [0.25, 0.3) is 5.91 Å². The summed E-state index contributed by atoms with van der Waals surface area (Å²) in [6.45, 7) is -0.218. The normalized spacial score (nSPS) is 10.1. The largest absolute Gasteiger partial charge is 0.384 e. The van der Waals surface area contributed by atoms with Crippen molar-refractivity contribution in [2.75, 3.05) is 11.9 Å². The van der Waals surface area contributed by atoms with Gasteiger partial charge in [-0.1, -0.05) is 12.0 Å². The van der Waals surface area contributed by atoms with Crippen LogP contribution in [-0.2, 0) is 0 Å². The molecule has 3 heterocycles. The van der Waals surface area contributed by atoms with Crippen molar-refractivity contribution in [2.45, 2.75) is 0 Å². The Morgan fingerprint density at radius 3 is 3.05 bits per heavy atom. The second-order valence-electron chi connectivity index (χ2n) is 4.08. The molecule has 0 atom stereocenters. The van der Waals surface area contributed by atoms with Gasteiger partial charge in [-0.05, 0) is 35.6 Å². The molecule has 2 N–H and O–H groups in total. The van der Waals surface area contributed by atoms with Crippen molar-refractivity contribution in [2.24, 2.45) is 0 Å². The molecule has 0 aromatic carbocycles. The SMILES string of the molecule is O=C(Nc1cccc(C#CCO)n1)c1cc2sccc2s1. The van der Waals surface area contributed by atoms with Crippen LogP contribution >= 0.6 is 22.7 Å². The van der Waals surface area contributed by atoms with Gasteiger partial charge in [0.1, 0.15) is 18.1 Å². The van der Waals surface area contributed by atoms with Gasteiger partial charge in [-0.25, -0.2) is 4.98 Å². The Kier molecular flexibility index (Phi) is 3.97. The van der Waals surface area contributed by atoms with Crippen LogP contribution in [0.4, 0.5) is 5.82 Å². The van der Waals surface area contributed by atoms with E-state index in [1.807, 2.05) is 17.5 Å². The van der Waals surface area contributed by atoms with E-state index in [1.165, 1.54) is 11.3 Å². The first-order valence-corrected chi connectivity index (χ1v) is 7.81. The number of thiophene rings is 2. The van der Waals surface area contributed by atoms with Gasteiger partial charge in [0.15, 0.2) is 0 Å². The third-order valence-electron chi connectivity index (χ3n) is 2.65. The van der Waals surface area contributed by atoms with Crippen molar-refractivity contribution in [3.63, 3.8) is 0 Å². The van der Waals surface area contributed by atoms with Crippen LogP contribution in [0.25, 0.3) is 9.40 Å². The fourth-order valence-corrected chi connectivity index (χ4v) is 3.76. The second kappa shape index (κ2) is 6.06. The van der Waals surface area contributed by atoms with Crippen LogP contribution in [0.1, 0.15) is 15.4 Å². The van der Waals surface area contributed by atoms with Gasteiger partial charge in [0.2, 0.25) is 0 Å². The van der Waals surface area contributed by atoms with Crippen molar-refractivity contribution < 1.29 is 9.90 Å². The van der Waals surface area contributed by atoms with Gasteiger partial charge >= 0.3 is 0 Å². The van der Waals surface area contributed by atoms with Crippen LogP contribution in [-0.4, -0.2) is 22.6 Å². The zero-order valence-electron chi connectivity index (χ0n) is 10.8. The third-order valence-corrected chi connectivity index (χ3v) is 4.74. The van der Waals surface area contributed by atoms with Crippen molar-refractivity contribution in [1.29, 1.82) is 0 Å². The lowest BCUT2D eigenvalue weighted by Crippen LogP contribution is -2.11. The molecule has 0 aliphatic heterocycles. The molecule has 0 radical (unpaired) electrons. The number of rotatable bonds is 2. The van der Waals surface area contributed by atoms with E-state index in [2.05, 4.69) is 22.1 Å². The fourth-order valence-electron chi connectivity index (χ4n) is 1.76. The molecule has 0 aliphatic carbocycles. The highest BCUT2D eigenvalue weighted by molar-refractivity contribution is 7.27. The summed E-state index contributed by atoms with van der Waals surface area (Å²) >= 11 is 3.08. The number of carbonyl (C=O) groups is 1. The maximum atomic E-state index is 12.2. The number of hydrogen-bond acceptors (Lipinski definition) is 5. The van der Waals surface area contributed by atoms with Crippen molar-refractivity contribution in [3.05, 3.63) is 46.3 Å². The summed E-state index contributed by atoms with van der Waals surface area (Å²) in [5.74, 6) is 5.50. The molecule has 3 rings (SSSR count). The highest BCUT2D eigenvalue weighted by Gasteiger charge is 2.11. The highest BCUT2D eigenvalue weighted by Crippen LogP contribution is 2.30. The Balaban J connectivity index is 1.79. The number of carbonyl (C=O) groups excluding carboxylic acids is 1. The fraction of sp³-hybridized carbons (Fsp3) is 0.0667. The molecular formula is C15H10N2O2S2. The molecule has 6 heteroatoms. The topological polar surface area (TPSA) is 62.2 Å². The second-order valence-corrected chi connectivity index (χ2v) is 6.11. The summed E-state index contributed by atoms with van der Waals surface area (Å²) in [4.78, 5) is 17.1. The molecule has 4 nitrogen and oxygen atoms in total. The van der Waals surface area contributed by atoms with Gasteiger partial charge in [-0.3, -0.25) is 4.79 Å². The van der Waals surface area contributed by atoms with E-state index in [4.69, 9.17) is 5.11 Å². The lowest BCUT2D eigenvalue weighted by molar-refractivity contribution is 0.103. The smallest absolute Gasteiger partial charge is 0.266 e. The molecule has 3 aromatic rings. The Morgan fingerprint density at radius 2 is 2.24 bits per heavy atom. The number of nitrogens with zero attached hydrogens (tertiary/aromatic N) is 1. The quantitative estimate of drug-likeness (QED) is 0.715. The predicted molar refractivity (Wildman–Crippen MR) is 85.9 cm³/mol. The molecule has 3 aromatic heterocycles. The molecule has 0 bridgehead atoms.